The first-order chi connectivity index (χ1) is 14.7. The quantitative estimate of drug-likeness (QED) is 0.570. The third kappa shape index (κ3) is 2.98. The fourth-order valence-corrected chi connectivity index (χ4v) is 4.56. The van der Waals surface area contributed by atoms with E-state index < -0.39 is 0 Å². The van der Waals surface area contributed by atoms with Crippen molar-refractivity contribution in [3.8, 4) is 5.69 Å². The van der Waals surface area contributed by atoms with Crippen molar-refractivity contribution in [2.24, 2.45) is 5.92 Å². The number of hydrogen-bond acceptors (Lipinski definition) is 4. The molecule has 1 aliphatic carbocycles. The van der Waals surface area contributed by atoms with Gasteiger partial charge in [0.15, 0.2) is 0 Å². The summed E-state index contributed by atoms with van der Waals surface area (Å²) >= 11 is 0. The Hall–Kier alpha value is -3.48. The summed E-state index contributed by atoms with van der Waals surface area (Å²) < 4.78 is 3.54. The highest BCUT2D eigenvalue weighted by Crippen LogP contribution is 2.30. The molecule has 0 spiro atoms. The molecule has 7 nitrogen and oxygen atoms in total. The summed E-state index contributed by atoms with van der Waals surface area (Å²) in [5.74, 6) is 0.469. The molecule has 1 aliphatic rings. The highest BCUT2D eigenvalue weighted by Gasteiger charge is 2.21. The first kappa shape index (κ1) is 18.5. The Balaban J connectivity index is 1.75. The summed E-state index contributed by atoms with van der Waals surface area (Å²) in [6.07, 6.45) is 11.1. The van der Waals surface area contributed by atoms with E-state index in [0.717, 1.165) is 17.6 Å². The zero-order chi connectivity index (χ0) is 20.7. The lowest BCUT2D eigenvalue weighted by Crippen LogP contribution is -2.23. The summed E-state index contributed by atoms with van der Waals surface area (Å²) in [7, 11) is 1.60. The van der Waals surface area contributed by atoms with Crippen molar-refractivity contribution < 1.29 is 4.79 Å². The number of carbonyl (C=O) groups is 1. The van der Waals surface area contributed by atoms with Crippen molar-refractivity contribution in [3.05, 3.63) is 70.4 Å². The number of carbonyl (C=O) groups excluding carboxylic acids is 1. The third-order valence-electron chi connectivity index (χ3n) is 6.09. The van der Waals surface area contributed by atoms with Crippen LogP contribution in [0.4, 0.5) is 0 Å². The minimum atomic E-state index is -0.157. The molecule has 0 bridgehead atoms. The first-order valence-corrected chi connectivity index (χ1v) is 10.3. The first-order valence-electron chi connectivity index (χ1n) is 10.3. The van der Waals surface area contributed by atoms with Crippen molar-refractivity contribution in [1.82, 2.24) is 24.5 Å². The molecule has 4 aromatic rings. The van der Waals surface area contributed by atoms with Crippen LogP contribution in [0.2, 0.25) is 0 Å². The zero-order valence-corrected chi connectivity index (χ0v) is 16.8. The zero-order valence-electron chi connectivity index (χ0n) is 16.8. The van der Waals surface area contributed by atoms with E-state index in [1.54, 1.807) is 42.2 Å². The maximum absolute atomic E-state index is 13.5. The lowest BCUT2D eigenvalue weighted by molar-refractivity contribution is 0.0963. The van der Waals surface area contributed by atoms with Crippen molar-refractivity contribution in [1.29, 1.82) is 0 Å². The van der Waals surface area contributed by atoms with Gasteiger partial charge in [-0.1, -0.05) is 25.7 Å². The average molecular weight is 401 g/mol. The van der Waals surface area contributed by atoms with Crippen LogP contribution in [0.15, 0.2) is 53.7 Å². The normalized spacial score (nSPS) is 14.6. The van der Waals surface area contributed by atoms with E-state index in [9.17, 15) is 9.59 Å². The van der Waals surface area contributed by atoms with Gasteiger partial charge in [0.25, 0.3) is 11.5 Å². The Morgan fingerprint density at radius 1 is 1.13 bits per heavy atom. The Morgan fingerprint density at radius 3 is 2.63 bits per heavy atom. The number of nitrogens with one attached hydrogen (secondary N) is 1. The fourth-order valence-electron chi connectivity index (χ4n) is 4.56. The van der Waals surface area contributed by atoms with Crippen LogP contribution in [0, 0.1) is 5.92 Å². The highest BCUT2D eigenvalue weighted by atomic mass is 16.1. The number of nitrogens with zero attached hydrogens (tertiary/aromatic N) is 4. The number of benzene rings is 1. The Morgan fingerprint density at radius 2 is 1.90 bits per heavy atom. The maximum Gasteiger partial charge on any atom is 0.266 e. The smallest absolute Gasteiger partial charge is 0.266 e. The van der Waals surface area contributed by atoms with Crippen LogP contribution < -0.4 is 10.9 Å². The molecule has 152 valence electrons. The van der Waals surface area contributed by atoms with Gasteiger partial charge < -0.3 is 5.32 Å². The van der Waals surface area contributed by atoms with Gasteiger partial charge in [0.2, 0.25) is 0 Å². The monoisotopic (exact) mass is 401 g/mol. The van der Waals surface area contributed by atoms with Crippen LogP contribution in [0.1, 0.15) is 41.6 Å². The molecule has 0 unspecified atom stereocenters. The van der Waals surface area contributed by atoms with E-state index in [4.69, 9.17) is 0 Å². The molecule has 1 aromatic carbocycles. The lowest BCUT2D eigenvalue weighted by Gasteiger charge is -2.14. The maximum atomic E-state index is 13.5. The van der Waals surface area contributed by atoms with Gasteiger partial charge in [0, 0.05) is 24.4 Å². The van der Waals surface area contributed by atoms with Crippen LogP contribution >= 0.6 is 0 Å². The topological polar surface area (TPSA) is 81.3 Å². The number of hydrogen-bond donors (Lipinski definition) is 1. The van der Waals surface area contributed by atoms with Gasteiger partial charge in [-0.25, -0.2) is 4.52 Å². The summed E-state index contributed by atoms with van der Waals surface area (Å²) in [6.45, 7) is 0. The minimum Gasteiger partial charge on any atom is -0.355 e. The van der Waals surface area contributed by atoms with E-state index in [2.05, 4.69) is 15.4 Å². The Bertz CT molecular complexity index is 1300. The van der Waals surface area contributed by atoms with Gasteiger partial charge in [0.1, 0.15) is 5.65 Å². The molecular weight excluding hydrogens is 378 g/mol. The largest absolute Gasteiger partial charge is 0.355 e. The van der Waals surface area contributed by atoms with Gasteiger partial charge >= 0.3 is 0 Å². The summed E-state index contributed by atoms with van der Waals surface area (Å²) in [4.78, 5) is 29.6. The van der Waals surface area contributed by atoms with E-state index in [0.29, 0.717) is 28.1 Å². The fraction of sp³-hybridized carbons (Fsp3) is 0.304. The van der Waals surface area contributed by atoms with Crippen LogP contribution in [0.25, 0.3) is 22.2 Å². The number of aromatic nitrogens is 4. The molecule has 7 heteroatoms. The molecule has 0 saturated heterocycles. The number of pyridine rings is 1. The minimum absolute atomic E-state index is 0.110. The van der Waals surface area contributed by atoms with E-state index >= 15 is 0 Å². The molecule has 1 N–H and O–H groups in total. The van der Waals surface area contributed by atoms with Gasteiger partial charge in [-0.15, -0.1) is 0 Å². The highest BCUT2D eigenvalue weighted by molar-refractivity contribution is 5.94. The van der Waals surface area contributed by atoms with Crippen molar-refractivity contribution in [3.63, 3.8) is 0 Å². The number of fused-ring (bicyclic) bond motifs is 3. The predicted octanol–water partition coefficient (Wildman–Crippen LogP) is 3.13. The Kier molecular flexibility index (Phi) is 4.58. The van der Waals surface area contributed by atoms with Crippen LogP contribution in [0.5, 0.6) is 0 Å². The summed E-state index contributed by atoms with van der Waals surface area (Å²) in [5.41, 5.74) is 3.70. The second-order valence-electron chi connectivity index (χ2n) is 7.92. The SMILES string of the molecule is CNC(=O)c1ccc(-n2c(=O)c3ccncc3n3ncc(CC4CCCC4)c23)cc1. The van der Waals surface area contributed by atoms with Crippen LogP contribution in [-0.4, -0.2) is 32.1 Å². The van der Waals surface area contributed by atoms with Crippen molar-refractivity contribution in [2.75, 3.05) is 7.05 Å². The molecule has 1 fully saturated rings. The molecule has 0 radical (unpaired) electrons. The van der Waals surface area contributed by atoms with Crippen LogP contribution in [0.3, 0.4) is 0 Å². The number of amides is 1. The lowest BCUT2D eigenvalue weighted by atomic mass is 10.00. The molecule has 1 saturated carbocycles. The van der Waals surface area contributed by atoms with E-state index in [1.807, 2.05) is 22.8 Å². The molecule has 5 rings (SSSR count). The standard InChI is InChI=1S/C23H23N5O2/c1-24-21(29)16-6-8-18(9-7-16)27-22-17(12-15-4-2-3-5-15)13-26-28(22)20-14-25-11-10-19(20)23(27)30/h6-11,13-15H,2-5,12H2,1H3,(H,24,29). The second kappa shape index (κ2) is 7.40. The average Bonchev–Trinajstić information content (AvgIpc) is 3.45. The van der Waals surface area contributed by atoms with Gasteiger partial charge in [-0.3, -0.25) is 19.1 Å². The molecule has 1 amide bonds. The summed E-state index contributed by atoms with van der Waals surface area (Å²) in [5, 5.41) is 7.81. The van der Waals surface area contributed by atoms with Gasteiger partial charge in [-0.2, -0.15) is 5.10 Å². The molecule has 3 heterocycles. The molecule has 0 aliphatic heterocycles. The second-order valence-corrected chi connectivity index (χ2v) is 7.92. The Labute approximate surface area is 173 Å². The van der Waals surface area contributed by atoms with Crippen molar-refractivity contribution >= 4 is 22.5 Å². The molecular formula is C23H23N5O2. The van der Waals surface area contributed by atoms with Crippen LogP contribution in [-0.2, 0) is 6.42 Å². The molecule has 3 aromatic heterocycles. The molecule has 0 atom stereocenters. The van der Waals surface area contributed by atoms with Gasteiger partial charge in [0.05, 0.1) is 29.0 Å². The number of rotatable bonds is 4. The predicted molar refractivity (Wildman–Crippen MR) is 115 cm³/mol. The van der Waals surface area contributed by atoms with E-state index in [1.165, 1.54) is 25.7 Å². The molecule has 30 heavy (non-hydrogen) atoms. The van der Waals surface area contributed by atoms with E-state index in [-0.39, 0.29) is 11.5 Å². The van der Waals surface area contributed by atoms with Crippen molar-refractivity contribution in [2.45, 2.75) is 32.1 Å². The third-order valence-corrected chi connectivity index (χ3v) is 6.09. The summed E-state index contributed by atoms with van der Waals surface area (Å²) in [6, 6.07) is 8.82. The van der Waals surface area contributed by atoms with Gasteiger partial charge in [-0.05, 0) is 42.7 Å².